The summed E-state index contributed by atoms with van der Waals surface area (Å²) in [6.07, 6.45) is -3.08. The van der Waals surface area contributed by atoms with Crippen LogP contribution in [0.5, 0.6) is 0 Å². The summed E-state index contributed by atoms with van der Waals surface area (Å²) in [6, 6.07) is 13.2. The molecule has 1 aromatic heterocycles. The van der Waals surface area contributed by atoms with Gasteiger partial charge >= 0.3 is 6.18 Å². The molecule has 1 unspecified atom stereocenters. The molecule has 38 heavy (non-hydrogen) atoms. The van der Waals surface area contributed by atoms with Gasteiger partial charge < -0.3 is 9.88 Å². The van der Waals surface area contributed by atoms with Crippen molar-refractivity contribution in [3.8, 4) is 0 Å². The van der Waals surface area contributed by atoms with Crippen molar-refractivity contribution >= 4 is 28.4 Å². The summed E-state index contributed by atoms with van der Waals surface area (Å²) >= 11 is 0. The summed E-state index contributed by atoms with van der Waals surface area (Å²) in [6.45, 7) is 4.62. The molecule has 1 atom stereocenters. The number of imide groups is 1. The van der Waals surface area contributed by atoms with Crippen LogP contribution in [0.15, 0.2) is 48.5 Å². The molecule has 4 heterocycles. The lowest BCUT2D eigenvalue weighted by molar-refractivity contribution is -0.156. The van der Waals surface area contributed by atoms with Crippen LogP contribution in [0.2, 0.25) is 0 Å². The number of amides is 2. The first-order valence-electron chi connectivity index (χ1n) is 13.1. The minimum absolute atomic E-state index is 0.119. The quantitative estimate of drug-likeness (QED) is 0.517. The van der Waals surface area contributed by atoms with Crippen molar-refractivity contribution in [2.24, 2.45) is 0 Å². The van der Waals surface area contributed by atoms with E-state index in [0.717, 1.165) is 42.3 Å². The lowest BCUT2D eigenvalue weighted by atomic mass is 9.94. The maximum absolute atomic E-state index is 13.4. The summed E-state index contributed by atoms with van der Waals surface area (Å²) < 4.78 is 39.2. The number of rotatable bonds is 5. The molecule has 2 amide bonds. The molecular weight excluding hydrogens is 495 g/mol. The lowest BCUT2D eigenvalue weighted by Crippen LogP contribution is -2.61. The van der Waals surface area contributed by atoms with Gasteiger partial charge in [-0.15, -0.1) is 0 Å². The Bertz CT molecular complexity index is 1360. The van der Waals surface area contributed by atoms with Gasteiger partial charge in [0.25, 0.3) is 0 Å². The molecule has 7 nitrogen and oxygen atoms in total. The van der Waals surface area contributed by atoms with Crippen LogP contribution in [0.25, 0.3) is 10.9 Å². The second-order valence-corrected chi connectivity index (χ2v) is 10.4. The van der Waals surface area contributed by atoms with Gasteiger partial charge in [-0.05, 0) is 49.2 Å². The van der Waals surface area contributed by atoms with Crippen LogP contribution in [-0.4, -0.2) is 83.4 Å². The summed E-state index contributed by atoms with van der Waals surface area (Å²) in [5.74, 6) is -0.272. The molecule has 2 aromatic carbocycles. The number of aromatic amines is 1. The van der Waals surface area contributed by atoms with E-state index >= 15 is 0 Å². The van der Waals surface area contributed by atoms with Crippen molar-refractivity contribution in [3.05, 3.63) is 65.4 Å². The minimum Gasteiger partial charge on any atom is -0.369 e. The van der Waals surface area contributed by atoms with E-state index in [2.05, 4.69) is 16.0 Å². The van der Waals surface area contributed by atoms with Crippen molar-refractivity contribution in [2.45, 2.75) is 31.6 Å². The van der Waals surface area contributed by atoms with Crippen molar-refractivity contribution in [1.82, 2.24) is 19.7 Å². The van der Waals surface area contributed by atoms with E-state index in [9.17, 15) is 22.8 Å². The van der Waals surface area contributed by atoms with E-state index in [0.29, 0.717) is 44.7 Å². The second-order valence-electron chi connectivity index (χ2n) is 10.4. The van der Waals surface area contributed by atoms with Gasteiger partial charge in [0.05, 0.1) is 18.2 Å². The van der Waals surface area contributed by atoms with Crippen LogP contribution in [0, 0.1) is 0 Å². The first-order valence-corrected chi connectivity index (χ1v) is 13.1. The number of H-pyrrole nitrogens is 1. The molecule has 10 heteroatoms. The third kappa shape index (κ3) is 4.67. The Morgan fingerprint density at radius 2 is 1.71 bits per heavy atom. The number of benzene rings is 2. The number of aromatic nitrogens is 1. The molecule has 0 aliphatic carbocycles. The molecule has 2 fully saturated rings. The maximum atomic E-state index is 13.4. The average molecular weight is 526 g/mol. The highest BCUT2D eigenvalue weighted by Crippen LogP contribution is 2.33. The van der Waals surface area contributed by atoms with Crippen LogP contribution in [0.3, 0.4) is 0 Å². The molecule has 0 bridgehead atoms. The highest BCUT2D eigenvalue weighted by molar-refractivity contribution is 6.02. The lowest BCUT2D eigenvalue weighted by Gasteiger charge is -2.42. The van der Waals surface area contributed by atoms with Gasteiger partial charge in [0, 0.05) is 61.6 Å². The zero-order valence-electron chi connectivity index (χ0n) is 21.0. The van der Waals surface area contributed by atoms with Crippen molar-refractivity contribution in [3.63, 3.8) is 0 Å². The minimum atomic E-state index is -4.35. The number of fused-ring (bicyclic) bond motifs is 4. The summed E-state index contributed by atoms with van der Waals surface area (Å²) in [7, 11) is 0. The van der Waals surface area contributed by atoms with E-state index in [1.54, 1.807) is 6.07 Å². The number of nitrogens with one attached hydrogen (secondary N) is 1. The van der Waals surface area contributed by atoms with Gasteiger partial charge in [-0.3, -0.25) is 24.3 Å². The van der Waals surface area contributed by atoms with Gasteiger partial charge in [-0.1, -0.05) is 24.3 Å². The standard InChI is InChI=1S/C28H30F3N5O2/c29-28(30,31)19-5-3-6-20(15-19)34-13-11-33(12-14-34)9-4-10-36-26(37)18-35-17-24-22(16-25(35)27(36)38)21-7-1-2-8-23(21)32-24/h1-3,5-8,15,25,32H,4,9-14,16-18H2. The van der Waals surface area contributed by atoms with E-state index < -0.39 is 11.7 Å². The van der Waals surface area contributed by atoms with Gasteiger partial charge in [0.1, 0.15) is 0 Å². The molecule has 0 spiro atoms. The number of para-hydroxylation sites is 1. The van der Waals surface area contributed by atoms with E-state index in [4.69, 9.17) is 0 Å². The fourth-order valence-electron chi connectivity index (χ4n) is 6.03. The monoisotopic (exact) mass is 525 g/mol. The van der Waals surface area contributed by atoms with Gasteiger partial charge in [-0.25, -0.2) is 0 Å². The fraction of sp³-hybridized carbons (Fsp3) is 0.429. The van der Waals surface area contributed by atoms with Gasteiger partial charge in [-0.2, -0.15) is 13.2 Å². The molecule has 3 aliphatic heterocycles. The van der Waals surface area contributed by atoms with Crippen LogP contribution in [0.1, 0.15) is 23.2 Å². The highest BCUT2D eigenvalue weighted by atomic mass is 19.4. The maximum Gasteiger partial charge on any atom is 0.416 e. The number of carbonyl (C=O) groups is 2. The third-order valence-electron chi connectivity index (χ3n) is 8.06. The molecule has 0 radical (unpaired) electrons. The van der Waals surface area contributed by atoms with Crippen molar-refractivity contribution in [2.75, 3.05) is 50.7 Å². The Labute approximate surface area is 218 Å². The van der Waals surface area contributed by atoms with Gasteiger partial charge in [0.2, 0.25) is 11.8 Å². The number of nitrogens with zero attached hydrogens (tertiary/aromatic N) is 4. The van der Waals surface area contributed by atoms with Crippen LogP contribution in [-0.2, 0) is 28.7 Å². The number of alkyl halides is 3. The number of hydrogen-bond acceptors (Lipinski definition) is 5. The van der Waals surface area contributed by atoms with Crippen LogP contribution >= 0.6 is 0 Å². The summed E-state index contributed by atoms with van der Waals surface area (Å²) in [4.78, 5) is 37.3. The second kappa shape index (κ2) is 9.74. The predicted octanol–water partition coefficient (Wildman–Crippen LogP) is 3.49. The number of anilines is 1. The van der Waals surface area contributed by atoms with Gasteiger partial charge in [0.15, 0.2) is 0 Å². The smallest absolute Gasteiger partial charge is 0.369 e. The summed E-state index contributed by atoms with van der Waals surface area (Å²) in [5, 5.41) is 1.14. The highest BCUT2D eigenvalue weighted by Gasteiger charge is 2.42. The average Bonchev–Trinajstić information content (AvgIpc) is 3.27. The number of hydrogen-bond donors (Lipinski definition) is 1. The Hall–Kier alpha value is -3.37. The fourth-order valence-corrected chi connectivity index (χ4v) is 6.03. The normalized spacial score (nSPS) is 21.2. The van der Waals surface area contributed by atoms with Crippen molar-refractivity contribution in [1.29, 1.82) is 0 Å². The topological polar surface area (TPSA) is 62.9 Å². The van der Waals surface area contributed by atoms with E-state index in [-0.39, 0.29) is 24.4 Å². The summed E-state index contributed by atoms with van der Waals surface area (Å²) in [5.41, 5.74) is 3.26. The Kier molecular flexibility index (Phi) is 6.39. The molecule has 200 valence electrons. The Morgan fingerprint density at radius 1 is 0.921 bits per heavy atom. The number of carbonyl (C=O) groups excluding carboxylic acids is 2. The van der Waals surface area contributed by atoms with Crippen molar-refractivity contribution < 1.29 is 22.8 Å². The SMILES string of the molecule is O=C1CN2Cc3[nH]c4ccccc4c3CC2C(=O)N1CCCN1CCN(c2cccc(C(F)(F)F)c2)CC1. The molecule has 3 aromatic rings. The molecule has 3 aliphatic rings. The largest absolute Gasteiger partial charge is 0.416 e. The molecule has 2 saturated heterocycles. The number of piperazine rings is 2. The zero-order valence-corrected chi connectivity index (χ0v) is 21.0. The molecule has 1 N–H and O–H groups in total. The predicted molar refractivity (Wildman–Crippen MR) is 138 cm³/mol. The molecule has 0 saturated carbocycles. The molecular formula is C28H30F3N5O2. The van der Waals surface area contributed by atoms with Crippen LogP contribution < -0.4 is 4.90 Å². The van der Waals surface area contributed by atoms with E-state index in [1.165, 1.54) is 22.6 Å². The molecule has 6 rings (SSSR count). The van der Waals surface area contributed by atoms with Crippen LogP contribution in [0.4, 0.5) is 18.9 Å². The first kappa shape index (κ1) is 24.9. The Balaban J connectivity index is 1.03. The number of halogens is 3. The third-order valence-corrected chi connectivity index (χ3v) is 8.06. The first-order chi connectivity index (χ1) is 18.3. The Morgan fingerprint density at radius 3 is 2.50 bits per heavy atom. The zero-order chi connectivity index (χ0) is 26.4. The van der Waals surface area contributed by atoms with E-state index in [1.807, 2.05) is 28.0 Å².